The Labute approximate surface area is 182 Å². The molecule has 6 nitrogen and oxygen atoms in total. The number of hydrogen-bond acceptors (Lipinski definition) is 5. The minimum atomic E-state index is -0.346. The quantitative estimate of drug-likeness (QED) is 0.516. The van der Waals surface area contributed by atoms with Crippen LogP contribution in [-0.4, -0.2) is 39.4 Å². The van der Waals surface area contributed by atoms with E-state index in [-0.39, 0.29) is 5.97 Å². The number of esters is 1. The number of benzene rings is 2. The van der Waals surface area contributed by atoms with Gasteiger partial charge in [-0.1, -0.05) is 25.3 Å². The molecule has 0 aliphatic heterocycles. The van der Waals surface area contributed by atoms with Gasteiger partial charge in [0.2, 0.25) is 5.75 Å². The first kappa shape index (κ1) is 21.1. The molecule has 1 fully saturated rings. The molecule has 0 bridgehead atoms. The lowest BCUT2D eigenvalue weighted by atomic mass is 9.81. The van der Waals surface area contributed by atoms with E-state index < -0.39 is 0 Å². The van der Waals surface area contributed by atoms with E-state index in [0.717, 1.165) is 35.0 Å². The van der Waals surface area contributed by atoms with Crippen molar-refractivity contribution in [2.75, 3.05) is 28.4 Å². The summed E-state index contributed by atoms with van der Waals surface area (Å²) in [5, 5.41) is 1.13. The van der Waals surface area contributed by atoms with Crippen LogP contribution in [0.5, 0.6) is 17.2 Å². The van der Waals surface area contributed by atoms with Gasteiger partial charge in [-0.15, -0.1) is 0 Å². The van der Waals surface area contributed by atoms with Gasteiger partial charge in [-0.25, -0.2) is 4.79 Å². The highest BCUT2D eigenvalue weighted by Crippen LogP contribution is 2.49. The van der Waals surface area contributed by atoms with Crippen LogP contribution in [0.4, 0.5) is 0 Å². The topological polar surface area (TPSA) is 69.8 Å². The maximum absolute atomic E-state index is 12.1. The fraction of sp³-hybridized carbons (Fsp3) is 0.400. The summed E-state index contributed by atoms with van der Waals surface area (Å²) in [6.45, 7) is 0. The predicted octanol–water partition coefficient (Wildman–Crippen LogP) is 5.70. The van der Waals surface area contributed by atoms with Gasteiger partial charge in [-0.05, 0) is 48.6 Å². The summed E-state index contributed by atoms with van der Waals surface area (Å²) in [7, 11) is 6.26. The van der Waals surface area contributed by atoms with Crippen molar-refractivity contribution in [3.63, 3.8) is 0 Å². The van der Waals surface area contributed by atoms with Crippen LogP contribution in [0.2, 0.25) is 0 Å². The maximum Gasteiger partial charge on any atom is 0.337 e. The number of ether oxygens (including phenoxy) is 4. The van der Waals surface area contributed by atoms with Gasteiger partial charge < -0.3 is 23.9 Å². The molecule has 3 aromatic rings. The van der Waals surface area contributed by atoms with E-state index in [4.69, 9.17) is 18.9 Å². The van der Waals surface area contributed by atoms with Crippen molar-refractivity contribution in [2.45, 2.75) is 38.0 Å². The summed E-state index contributed by atoms with van der Waals surface area (Å²) in [4.78, 5) is 15.7. The molecule has 1 N–H and O–H groups in total. The summed E-state index contributed by atoms with van der Waals surface area (Å²) in [6, 6.07) is 9.62. The first-order valence-corrected chi connectivity index (χ1v) is 10.7. The minimum Gasteiger partial charge on any atom is -0.493 e. The molecule has 0 saturated heterocycles. The molecule has 1 aliphatic rings. The monoisotopic (exact) mass is 423 g/mol. The number of H-pyrrole nitrogens is 1. The van der Waals surface area contributed by atoms with Gasteiger partial charge in [0.15, 0.2) is 11.5 Å². The average molecular weight is 424 g/mol. The van der Waals surface area contributed by atoms with Gasteiger partial charge in [-0.2, -0.15) is 0 Å². The van der Waals surface area contributed by atoms with E-state index in [9.17, 15) is 4.79 Å². The summed E-state index contributed by atoms with van der Waals surface area (Å²) in [6.07, 6.45) is 6.02. The summed E-state index contributed by atoms with van der Waals surface area (Å²) >= 11 is 0. The predicted molar refractivity (Wildman–Crippen MR) is 121 cm³/mol. The normalized spacial score (nSPS) is 14.5. The van der Waals surface area contributed by atoms with Crippen LogP contribution in [0.15, 0.2) is 30.3 Å². The Balaban J connectivity index is 1.97. The molecular formula is C25H29NO5. The molecule has 0 unspecified atom stereocenters. The van der Waals surface area contributed by atoms with Crippen LogP contribution >= 0.6 is 0 Å². The molecular weight excluding hydrogens is 394 g/mol. The van der Waals surface area contributed by atoms with Crippen LogP contribution in [0, 0.1) is 0 Å². The molecule has 164 valence electrons. The zero-order chi connectivity index (χ0) is 22.0. The zero-order valence-corrected chi connectivity index (χ0v) is 18.5. The fourth-order valence-corrected chi connectivity index (χ4v) is 4.79. The van der Waals surface area contributed by atoms with Crippen LogP contribution in [0.1, 0.15) is 53.9 Å². The highest BCUT2D eigenvalue weighted by Gasteiger charge is 2.27. The van der Waals surface area contributed by atoms with Gasteiger partial charge in [0.05, 0.1) is 39.7 Å². The molecule has 1 aliphatic carbocycles. The van der Waals surface area contributed by atoms with Gasteiger partial charge in [-0.3, -0.25) is 0 Å². The first-order chi connectivity index (χ1) is 15.1. The molecule has 1 aromatic heterocycles. The molecule has 4 rings (SSSR count). The van der Waals surface area contributed by atoms with Gasteiger partial charge >= 0.3 is 5.97 Å². The van der Waals surface area contributed by atoms with Crippen molar-refractivity contribution < 1.29 is 23.7 Å². The minimum absolute atomic E-state index is 0.346. The molecule has 0 amide bonds. The maximum atomic E-state index is 12.1. The lowest BCUT2D eigenvalue weighted by molar-refractivity contribution is 0.0601. The van der Waals surface area contributed by atoms with Crippen molar-refractivity contribution in [1.82, 2.24) is 4.98 Å². The van der Waals surface area contributed by atoms with Gasteiger partial charge in [0.1, 0.15) is 0 Å². The number of nitrogens with one attached hydrogen (secondary N) is 1. The van der Waals surface area contributed by atoms with E-state index in [1.807, 2.05) is 30.3 Å². The number of fused-ring (bicyclic) bond motifs is 1. The third kappa shape index (κ3) is 3.71. The third-order valence-corrected chi connectivity index (χ3v) is 6.25. The van der Waals surface area contributed by atoms with E-state index in [1.165, 1.54) is 31.9 Å². The van der Waals surface area contributed by atoms with Crippen LogP contribution in [0.3, 0.4) is 0 Å². The smallest absolute Gasteiger partial charge is 0.337 e. The molecule has 1 saturated carbocycles. The second kappa shape index (κ2) is 8.92. The van der Waals surface area contributed by atoms with Crippen molar-refractivity contribution in [1.29, 1.82) is 0 Å². The SMILES string of the molecule is COC(=O)c1ccc2c(C3CCCCC3)c(-c3ccc(OC)c(OC)c3OC)[nH]c2c1. The summed E-state index contributed by atoms with van der Waals surface area (Å²) in [5.41, 5.74) is 4.63. The highest BCUT2D eigenvalue weighted by atomic mass is 16.5. The Morgan fingerprint density at radius 2 is 1.65 bits per heavy atom. The van der Waals surface area contributed by atoms with E-state index in [2.05, 4.69) is 4.98 Å². The van der Waals surface area contributed by atoms with Crippen molar-refractivity contribution in [2.24, 2.45) is 0 Å². The lowest BCUT2D eigenvalue weighted by Gasteiger charge is -2.24. The van der Waals surface area contributed by atoms with Crippen LogP contribution < -0.4 is 14.2 Å². The Kier molecular flexibility index (Phi) is 6.07. The number of aromatic nitrogens is 1. The standard InChI is InChI=1S/C25H29NO5/c1-28-20-13-12-18(23(29-2)24(20)30-3)22-21(15-8-6-5-7-9-15)17-11-10-16(25(27)31-4)14-19(17)26-22/h10-15,26H,5-9H2,1-4H3. The molecule has 0 spiro atoms. The molecule has 31 heavy (non-hydrogen) atoms. The van der Waals surface area contributed by atoms with Crippen molar-refractivity contribution in [3.8, 4) is 28.5 Å². The Morgan fingerprint density at radius 1 is 0.903 bits per heavy atom. The highest BCUT2D eigenvalue weighted by molar-refractivity contribution is 5.98. The van der Waals surface area contributed by atoms with Crippen molar-refractivity contribution >= 4 is 16.9 Å². The Hall–Kier alpha value is -3.15. The lowest BCUT2D eigenvalue weighted by Crippen LogP contribution is -2.06. The van der Waals surface area contributed by atoms with E-state index in [0.29, 0.717) is 28.7 Å². The second-order valence-corrected chi connectivity index (χ2v) is 7.88. The molecule has 0 atom stereocenters. The molecule has 2 aromatic carbocycles. The van der Waals surface area contributed by atoms with Crippen LogP contribution in [0.25, 0.3) is 22.2 Å². The zero-order valence-electron chi connectivity index (χ0n) is 18.5. The molecule has 6 heteroatoms. The number of carbonyl (C=O) groups excluding carboxylic acids is 1. The van der Waals surface area contributed by atoms with E-state index >= 15 is 0 Å². The number of carbonyl (C=O) groups is 1. The van der Waals surface area contributed by atoms with Gasteiger partial charge in [0.25, 0.3) is 0 Å². The summed E-state index contributed by atoms with van der Waals surface area (Å²) < 4.78 is 21.8. The third-order valence-electron chi connectivity index (χ3n) is 6.25. The number of aromatic amines is 1. The average Bonchev–Trinajstić information content (AvgIpc) is 3.21. The Bertz CT molecular complexity index is 1090. The number of hydrogen-bond donors (Lipinski definition) is 1. The number of methoxy groups -OCH3 is 4. The fourth-order valence-electron chi connectivity index (χ4n) is 4.79. The molecule has 0 radical (unpaired) electrons. The largest absolute Gasteiger partial charge is 0.493 e. The van der Waals surface area contributed by atoms with Crippen LogP contribution in [-0.2, 0) is 4.74 Å². The van der Waals surface area contributed by atoms with Gasteiger partial charge in [0, 0.05) is 16.5 Å². The first-order valence-electron chi connectivity index (χ1n) is 10.7. The Morgan fingerprint density at radius 3 is 2.29 bits per heavy atom. The van der Waals surface area contributed by atoms with E-state index in [1.54, 1.807) is 21.3 Å². The number of rotatable bonds is 6. The molecule has 1 heterocycles. The van der Waals surface area contributed by atoms with Crippen molar-refractivity contribution in [3.05, 3.63) is 41.5 Å². The second-order valence-electron chi connectivity index (χ2n) is 7.88. The summed E-state index contributed by atoms with van der Waals surface area (Å²) in [5.74, 6) is 1.90.